The van der Waals surface area contributed by atoms with Gasteiger partial charge in [0.15, 0.2) is 13.2 Å². The Bertz CT molecular complexity index is 747. The Morgan fingerprint density at radius 2 is 1.36 bits per heavy atom. The van der Waals surface area contributed by atoms with Gasteiger partial charge in [-0.1, -0.05) is 6.07 Å². The lowest BCUT2D eigenvalue weighted by molar-refractivity contribution is -0.131. The second kappa shape index (κ2) is 8.68. The Balaban J connectivity index is 1.67. The van der Waals surface area contributed by atoms with Gasteiger partial charge in [-0.3, -0.25) is 20.4 Å². The molecular formula is C18H19FN2O4. The number of hydrogen-bond acceptors (Lipinski definition) is 4. The summed E-state index contributed by atoms with van der Waals surface area (Å²) in [5.41, 5.74) is 6.61. The van der Waals surface area contributed by atoms with Gasteiger partial charge in [-0.15, -0.1) is 0 Å². The molecule has 0 bridgehead atoms. The Hall–Kier alpha value is -3.09. The maximum absolute atomic E-state index is 12.7. The highest BCUT2D eigenvalue weighted by molar-refractivity contribution is 5.83. The number of carbonyl (C=O) groups is 2. The van der Waals surface area contributed by atoms with E-state index < -0.39 is 17.6 Å². The Morgan fingerprint density at radius 3 is 1.92 bits per heavy atom. The van der Waals surface area contributed by atoms with Crippen LogP contribution < -0.4 is 20.3 Å². The highest BCUT2D eigenvalue weighted by atomic mass is 19.1. The van der Waals surface area contributed by atoms with Gasteiger partial charge in [-0.2, -0.15) is 0 Å². The van der Waals surface area contributed by atoms with Crippen LogP contribution in [0.15, 0.2) is 42.5 Å². The van der Waals surface area contributed by atoms with Crippen LogP contribution in [0.3, 0.4) is 0 Å². The third kappa shape index (κ3) is 6.14. The third-order valence-electron chi connectivity index (χ3n) is 3.37. The molecule has 2 amide bonds. The molecule has 0 saturated heterocycles. The fourth-order valence-electron chi connectivity index (χ4n) is 1.84. The first kappa shape index (κ1) is 18.3. The van der Waals surface area contributed by atoms with Gasteiger partial charge in [0.1, 0.15) is 17.3 Å². The van der Waals surface area contributed by atoms with Gasteiger partial charge < -0.3 is 9.47 Å². The minimum atomic E-state index is -0.552. The molecule has 2 rings (SSSR count). The van der Waals surface area contributed by atoms with E-state index in [1.807, 2.05) is 26.0 Å². The molecule has 0 heterocycles. The fourth-order valence-corrected chi connectivity index (χ4v) is 1.84. The van der Waals surface area contributed by atoms with Crippen molar-refractivity contribution in [2.75, 3.05) is 13.2 Å². The SMILES string of the molecule is Cc1ccc(OCC(=O)NNC(=O)COc2ccc(F)cc2)cc1C. The van der Waals surface area contributed by atoms with E-state index in [2.05, 4.69) is 10.9 Å². The van der Waals surface area contributed by atoms with Crippen molar-refractivity contribution in [2.45, 2.75) is 13.8 Å². The number of benzene rings is 2. The van der Waals surface area contributed by atoms with E-state index >= 15 is 0 Å². The predicted octanol–water partition coefficient (Wildman–Crippen LogP) is 2.05. The third-order valence-corrected chi connectivity index (χ3v) is 3.37. The fraction of sp³-hybridized carbons (Fsp3) is 0.222. The normalized spacial score (nSPS) is 10.0. The lowest BCUT2D eigenvalue weighted by atomic mass is 10.1. The van der Waals surface area contributed by atoms with Gasteiger partial charge in [-0.05, 0) is 61.4 Å². The zero-order valence-electron chi connectivity index (χ0n) is 14.0. The number of nitrogens with one attached hydrogen (secondary N) is 2. The summed E-state index contributed by atoms with van der Waals surface area (Å²) in [7, 11) is 0. The molecule has 0 atom stereocenters. The van der Waals surface area contributed by atoms with Crippen LogP contribution in [0.4, 0.5) is 4.39 Å². The minimum absolute atomic E-state index is 0.235. The lowest BCUT2D eigenvalue weighted by Gasteiger charge is -2.10. The Labute approximate surface area is 144 Å². The molecule has 2 aromatic carbocycles. The van der Waals surface area contributed by atoms with Crippen LogP contribution in [0, 0.1) is 19.7 Å². The van der Waals surface area contributed by atoms with E-state index in [0.717, 1.165) is 11.1 Å². The first-order valence-corrected chi connectivity index (χ1v) is 7.60. The van der Waals surface area contributed by atoms with Crippen molar-refractivity contribution in [1.82, 2.24) is 10.9 Å². The zero-order valence-corrected chi connectivity index (χ0v) is 14.0. The number of rotatable bonds is 6. The van der Waals surface area contributed by atoms with E-state index in [1.165, 1.54) is 24.3 Å². The summed E-state index contributed by atoms with van der Waals surface area (Å²) in [5.74, 6) is -0.532. The van der Waals surface area contributed by atoms with E-state index in [0.29, 0.717) is 11.5 Å². The molecule has 6 nitrogen and oxygen atoms in total. The largest absolute Gasteiger partial charge is 0.484 e. The summed E-state index contributed by atoms with van der Waals surface area (Å²) in [4.78, 5) is 23.2. The van der Waals surface area contributed by atoms with Crippen molar-refractivity contribution in [3.05, 3.63) is 59.4 Å². The summed E-state index contributed by atoms with van der Waals surface area (Å²) >= 11 is 0. The topological polar surface area (TPSA) is 76.7 Å². The molecule has 0 radical (unpaired) electrons. The molecule has 132 valence electrons. The maximum Gasteiger partial charge on any atom is 0.276 e. The van der Waals surface area contributed by atoms with Crippen molar-refractivity contribution in [1.29, 1.82) is 0 Å². The summed E-state index contributed by atoms with van der Waals surface area (Å²) in [6.07, 6.45) is 0. The first-order valence-electron chi connectivity index (χ1n) is 7.60. The van der Waals surface area contributed by atoms with Crippen molar-refractivity contribution in [2.24, 2.45) is 0 Å². The molecule has 2 aromatic rings. The van der Waals surface area contributed by atoms with Crippen LogP contribution in [0.2, 0.25) is 0 Å². The predicted molar refractivity (Wildman–Crippen MR) is 89.6 cm³/mol. The van der Waals surface area contributed by atoms with Crippen LogP contribution in [-0.4, -0.2) is 25.0 Å². The average Bonchev–Trinajstić information content (AvgIpc) is 2.60. The van der Waals surface area contributed by atoms with Crippen LogP contribution in [0.5, 0.6) is 11.5 Å². The second-order valence-corrected chi connectivity index (χ2v) is 5.37. The van der Waals surface area contributed by atoms with Gasteiger partial charge in [0.2, 0.25) is 0 Å². The average molecular weight is 346 g/mol. The van der Waals surface area contributed by atoms with E-state index in [4.69, 9.17) is 9.47 Å². The first-order chi connectivity index (χ1) is 11.9. The smallest absolute Gasteiger partial charge is 0.276 e. The molecule has 0 aliphatic rings. The summed E-state index contributed by atoms with van der Waals surface area (Å²) in [5, 5.41) is 0. The molecular weight excluding hydrogens is 327 g/mol. The molecule has 0 aliphatic heterocycles. The molecule has 0 unspecified atom stereocenters. The second-order valence-electron chi connectivity index (χ2n) is 5.37. The monoisotopic (exact) mass is 346 g/mol. The summed E-state index contributed by atoms with van der Waals surface area (Å²) in [6, 6.07) is 10.7. The number of hydrogen-bond donors (Lipinski definition) is 2. The van der Waals surface area contributed by atoms with Gasteiger partial charge in [0, 0.05) is 0 Å². The molecule has 2 N–H and O–H groups in total. The quantitative estimate of drug-likeness (QED) is 0.785. The lowest BCUT2D eigenvalue weighted by Crippen LogP contribution is -2.45. The van der Waals surface area contributed by atoms with Crippen molar-refractivity contribution >= 4 is 11.8 Å². The van der Waals surface area contributed by atoms with Gasteiger partial charge in [0.05, 0.1) is 0 Å². The highest BCUT2D eigenvalue weighted by Crippen LogP contribution is 2.16. The molecule has 0 spiro atoms. The molecule has 7 heteroatoms. The number of amides is 2. The Morgan fingerprint density at radius 1 is 0.840 bits per heavy atom. The van der Waals surface area contributed by atoms with Gasteiger partial charge in [0.25, 0.3) is 11.8 Å². The van der Waals surface area contributed by atoms with Crippen LogP contribution >= 0.6 is 0 Å². The standard InChI is InChI=1S/C18H19FN2O4/c1-12-3-6-16(9-13(12)2)25-11-18(23)21-20-17(22)10-24-15-7-4-14(19)5-8-15/h3-9H,10-11H2,1-2H3,(H,20,22)(H,21,23). The molecule has 25 heavy (non-hydrogen) atoms. The molecule has 0 aliphatic carbocycles. The zero-order chi connectivity index (χ0) is 18.2. The van der Waals surface area contributed by atoms with E-state index in [1.54, 1.807) is 6.07 Å². The molecule has 0 aromatic heterocycles. The number of carbonyl (C=O) groups excluding carboxylic acids is 2. The van der Waals surface area contributed by atoms with Gasteiger partial charge >= 0.3 is 0 Å². The highest BCUT2D eigenvalue weighted by Gasteiger charge is 2.07. The molecule has 0 fully saturated rings. The summed E-state index contributed by atoms with van der Waals surface area (Å²) in [6.45, 7) is 3.38. The van der Waals surface area contributed by atoms with E-state index in [-0.39, 0.29) is 13.2 Å². The van der Waals surface area contributed by atoms with Crippen LogP contribution in [-0.2, 0) is 9.59 Å². The maximum atomic E-state index is 12.7. The van der Waals surface area contributed by atoms with Crippen molar-refractivity contribution < 1.29 is 23.5 Å². The number of hydrazine groups is 1. The van der Waals surface area contributed by atoms with Crippen LogP contribution in [0.25, 0.3) is 0 Å². The van der Waals surface area contributed by atoms with Crippen LogP contribution in [0.1, 0.15) is 11.1 Å². The van der Waals surface area contributed by atoms with E-state index in [9.17, 15) is 14.0 Å². The molecule has 0 saturated carbocycles. The van der Waals surface area contributed by atoms with Gasteiger partial charge in [-0.25, -0.2) is 4.39 Å². The number of aryl methyl sites for hydroxylation is 2. The Kier molecular flexibility index (Phi) is 6.33. The minimum Gasteiger partial charge on any atom is -0.484 e. The number of ether oxygens (including phenoxy) is 2. The summed E-state index contributed by atoms with van der Waals surface area (Å²) < 4.78 is 23.2. The van der Waals surface area contributed by atoms with Crippen molar-refractivity contribution in [3.8, 4) is 11.5 Å². The number of halogens is 1. The van der Waals surface area contributed by atoms with Crippen molar-refractivity contribution in [3.63, 3.8) is 0 Å².